The zero-order valence-electron chi connectivity index (χ0n) is 13.8. The monoisotopic (exact) mass is 340 g/mol. The van der Waals surface area contributed by atoms with E-state index in [-0.39, 0.29) is 18.7 Å². The Hall–Kier alpha value is -2.57. The van der Waals surface area contributed by atoms with E-state index in [9.17, 15) is 4.79 Å². The van der Waals surface area contributed by atoms with E-state index in [4.69, 9.17) is 14.2 Å². The molecule has 1 N–H and O–H groups in total. The van der Waals surface area contributed by atoms with Crippen LogP contribution >= 0.6 is 0 Å². The third-order valence-electron chi connectivity index (χ3n) is 4.41. The SMILES string of the molecule is O=C(Nc1ccc2c(c1)OCO2)C(c1ccccc1)N1CCOCC1. The Bertz CT molecular complexity index is 744. The summed E-state index contributed by atoms with van der Waals surface area (Å²) in [5.74, 6) is 1.29. The molecule has 2 aliphatic rings. The van der Waals surface area contributed by atoms with Crippen LogP contribution in [-0.2, 0) is 9.53 Å². The molecule has 1 amide bonds. The first-order chi connectivity index (χ1) is 12.3. The lowest BCUT2D eigenvalue weighted by Crippen LogP contribution is -2.43. The van der Waals surface area contributed by atoms with Crippen molar-refractivity contribution in [2.24, 2.45) is 0 Å². The zero-order valence-corrected chi connectivity index (χ0v) is 13.8. The number of hydrogen-bond donors (Lipinski definition) is 1. The number of fused-ring (bicyclic) bond motifs is 1. The summed E-state index contributed by atoms with van der Waals surface area (Å²) in [6.07, 6.45) is 0. The summed E-state index contributed by atoms with van der Waals surface area (Å²) in [6.45, 7) is 2.96. The second-order valence-corrected chi connectivity index (χ2v) is 6.02. The van der Waals surface area contributed by atoms with Crippen molar-refractivity contribution in [2.75, 3.05) is 38.4 Å². The molecule has 1 unspecified atom stereocenters. The van der Waals surface area contributed by atoms with Crippen LogP contribution in [-0.4, -0.2) is 43.9 Å². The minimum absolute atomic E-state index is 0.0630. The van der Waals surface area contributed by atoms with Crippen LogP contribution in [0.5, 0.6) is 11.5 Å². The van der Waals surface area contributed by atoms with Crippen LogP contribution in [0.3, 0.4) is 0 Å². The van der Waals surface area contributed by atoms with Crippen LogP contribution in [0, 0.1) is 0 Å². The zero-order chi connectivity index (χ0) is 17.1. The van der Waals surface area contributed by atoms with E-state index in [1.807, 2.05) is 42.5 Å². The first-order valence-electron chi connectivity index (χ1n) is 8.38. The second-order valence-electron chi connectivity index (χ2n) is 6.02. The number of amides is 1. The number of hydrogen-bond acceptors (Lipinski definition) is 5. The lowest BCUT2D eigenvalue weighted by molar-refractivity contribution is -0.123. The smallest absolute Gasteiger partial charge is 0.246 e. The highest BCUT2D eigenvalue weighted by Gasteiger charge is 2.29. The van der Waals surface area contributed by atoms with Gasteiger partial charge in [-0.25, -0.2) is 0 Å². The third kappa shape index (κ3) is 3.45. The molecule has 0 spiro atoms. The molecule has 130 valence electrons. The molecule has 25 heavy (non-hydrogen) atoms. The minimum Gasteiger partial charge on any atom is -0.454 e. The highest BCUT2D eigenvalue weighted by atomic mass is 16.7. The number of ether oxygens (including phenoxy) is 3. The van der Waals surface area contributed by atoms with Crippen LogP contribution < -0.4 is 14.8 Å². The number of nitrogens with zero attached hydrogens (tertiary/aromatic N) is 1. The molecule has 1 atom stereocenters. The van der Waals surface area contributed by atoms with Crippen LogP contribution in [0.1, 0.15) is 11.6 Å². The molecule has 1 saturated heterocycles. The topological polar surface area (TPSA) is 60.0 Å². The Labute approximate surface area is 146 Å². The molecule has 6 heteroatoms. The average Bonchev–Trinajstić information content (AvgIpc) is 3.11. The van der Waals surface area contributed by atoms with Gasteiger partial charge in [0.25, 0.3) is 0 Å². The van der Waals surface area contributed by atoms with Crippen molar-refractivity contribution in [1.82, 2.24) is 4.90 Å². The van der Waals surface area contributed by atoms with Crippen molar-refractivity contribution in [1.29, 1.82) is 0 Å². The first-order valence-corrected chi connectivity index (χ1v) is 8.38. The summed E-state index contributed by atoms with van der Waals surface area (Å²) in [6, 6.07) is 14.9. The van der Waals surface area contributed by atoms with E-state index in [0.29, 0.717) is 30.4 Å². The standard InChI is InChI=1S/C19H20N2O4/c22-19(20-15-6-7-16-17(12-15)25-13-24-16)18(14-4-2-1-3-5-14)21-8-10-23-11-9-21/h1-7,12,18H,8-11,13H2,(H,20,22). The average molecular weight is 340 g/mol. The molecular formula is C19H20N2O4. The molecule has 0 aliphatic carbocycles. The molecular weight excluding hydrogens is 320 g/mol. The van der Waals surface area contributed by atoms with Gasteiger partial charge in [-0.3, -0.25) is 9.69 Å². The largest absolute Gasteiger partial charge is 0.454 e. The Balaban J connectivity index is 1.57. The van der Waals surface area contributed by atoms with Gasteiger partial charge in [0.15, 0.2) is 11.5 Å². The summed E-state index contributed by atoms with van der Waals surface area (Å²) < 4.78 is 16.1. The van der Waals surface area contributed by atoms with Crippen LogP contribution in [0.4, 0.5) is 5.69 Å². The maximum Gasteiger partial charge on any atom is 0.246 e. The summed E-state index contributed by atoms with van der Waals surface area (Å²) in [4.78, 5) is 15.2. The van der Waals surface area contributed by atoms with Crippen LogP contribution in [0.2, 0.25) is 0 Å². The number of morpholine rings is 1. The Morgan fingerprint density at radius 2 is 1.76 bits per heavy atom. The van der Waals surface area contributed by atoms with Gasteiger partial charge in [0, 0.05) is 24.8 Å². The maximum absolute atomic E-state index is 13.0. The van der Waals surface area contributed by atoms with Gasteiger partial charge in [-0.1, -0.05) is 30.3 Å². The van der Waals surface area contributed by atoms with Gasteiger partial charge >= 0.3 is 0 Å². The van der Waals surface area contributed by atoms with Crippen LogP contribution in [0.25, 0.3) is 0 Å². The molecule has 6 nitrogen and oxygen atoms in total. The van der Waals surface area contributed by atoms with Gasteiger partial charge in [-0.05, 0) is 17.7 Å². The number of nitrogens with one attached hydrogen (secondary N) is 1. The summed E-state index contributed by atoms with van der Waals surface area (Å²) in [5, 5.41) is 3.01. The number of carbonyl (C=O) groups is 1. The van der Waals surface area contributed by atoms with Gasteiger partial charge in [-0.2, -0.15) is 0 Å². The number of anilines is 1. The van der Waals surface area contributed by atoms with Crippen molar-refractivity contribution < 1.29 is 19.0 Å². The van der Waals surface area contributed by atoms with E-state index in [2.05, 4.69) is 10.2 Å². The van der Waals surface area contributed by atoms with Crippen molar-refractivity contribution in [2.45, 2.75) is 6.04 Å². The molecule has 2 aromatic rings. The van der Waals surface area contributed by atoms with E-state index in [1.54, 1.807) is 6.07 Å². The van der Waals surface area contributed by atoms with Gasteiger partial charge in [0.2, 0.25) is 12.7 Å². The maximum atomic E-state index is 13.0. The minimum atomic E-state index is -0.351. The van der Waals surface area contributed by atoms with E-state index < -0.39 is 0 Å². The molecule has 4 rings (SSSR count). The van der Waals surface area contributed by atoms with E-state index >= 15 is 0 Å². The Morgan fingerprint density at radius 3 is 2.56 bits per heavy atom. The molecule has 0 bridgehead atoms. The van der Waals surface area contributed by atoms with Crippen molar-refractivity contribution in [3.05, 3.63) is 54.1 Å². The van der Waals surface area contributed by atoms with Crippen molar-refractivity contribution >= 4 is 11.6 Å². The second kappa shape index (κ2) is 7.13. The normalized spacial score (nSPS) is 17.9. The molecule has 1 fully saturated rings. The summed E-state index contributed by atoms with van der Waals surface area (Å²) >= 11 is 0. The van der Waals surface area contributed by atoms with Crippen molar-refractivity contribution in [3.8, 4) is 11.5 Å². The van der Waals surface area contributed by atoms with Gasteiger partial charge in [0.1, 0.15) is 6.04 Å². The molecule has 0 aromatic heterocycles. The van der Waals surface area contributed by atoms with Gasteiger partial charge in [0.05, 0.1) is 13.2 Å². The quantitative estimate of drug-likeness (QED) is 0.926. The van der Waals surface area contributed by atoms with E-state index in [0.717, 1.165) is 18.7 Å². The highest BCUT2D eigenvalue weighted by Crippen LogP contribution is 2.34. The molecule has 2 aliphatic heterocycles. The summed E-state index contributed by atoms with van der Waals surface area (Å²) in [7, 11) is 0. The highest BCUT2D eigenvalue weighted by molar-refractivity contribution is 5.95. The molecule has 2 aromatic carbocycles. The fourth-order valence-electron chi connectivity index (χ4n) is 3.18. The molecule has 2 heterocycles. The summed E-state index contributed by atoms with van der Waals surface area (Å²) in [5.41, 5.74) is 1.67. The van der Waals surface area contributed by atoms with Crippen LogP contribution in [0.15, 0.2) is 48.5 Å². The van der Waals surface area contributed by atoms with Gasteiger partial charge < -0.3 is 19.5 Å². The Morgan fingerprint density at radius 1 is 1.00 bits per heavy atom. The lowest BCUT2D eigenvalue weighted by atomic mass is 10.0. The fraction of sp³-hybridized carbons (Fsp3) is 0.316. The number of carbonyl (C=O) groups excluding carboxylic acids is 1. The lowest BCUT2D eigenvalue weighted by Gasteiger charge is -2.33. The third-order valence-corrected chi connectivity index (χ3v) is 4.41. The first kappa shape index (κ1) is 15.9. The van der Waals surface area contributed by atoms with E-state index in [1.165, 1.54) is 0 Å². The molecule has 0 saturated carbocycles. The van der Waals surface area contributed by atoms with Crippen molar-refractivity contribution in [3.63, 3.8) is 0 Å². The number of benzene rings is 2. The Kier molecular flexibility index (Phi) is 4.54. The predicted molar refractivity (Wildman–Crippen MR) is 92.8 cm³/mol. The molecule has 0 radical (unpaired) electrons. The number of rotatable bonds is 4. The van der Waals surface area contributed by atoms with Gasteiger partial charge in [-0.15, -0.1) is 0 Å². The predicted octanol–water partition coefficient (Wildman–Crippen LogP) is 2.43. The fourth-order valence-corrected chi connectivity index (χ4v) is 3.18.